The highest BCUT2D eigenvalue weighted by Crippen LogP contribution is 2.32. The first-order valence-corrected chi connectivity index (χ1v) is 5.68. The average Bonchev–Trinajstić information content (AvgIpc) is 2.22. The summed E-state index contributed by atoms with van der Waals surface area (Å²) in [5.41, 5.74) is 6.37. The highest BCUT2D eigenvalue weighted by molar-refractivity contribution is 9.10. The third kappa shape index (κ3) is 2.47. The van der Waals surface area contributed by atoms with Crippen molar-refractivity contribution in [2.75, 3.05) is 24.3 Å². The zero-order valence-corrected chi connectivity index (χ0v) is 11.2. The summed E-state index contributed by atoms with van der Waals surface area (Å²) in [4.78, 5) is 1.76. The van der Waals surface area contributed by atoms with Crippen LogP contribution in [0.3, 0.4) is 0 Å². The lowest BCUT2D eigenvalue weighted by molar-refractivity contribution is 0.216. The van der Waals surface area contributed by atoms with Gasteiger partial charge in [-0.15, -0.1) is 0 Å². The van der Waals surface area contributed by atoms with Gasteiger partial charge in [0, 0.05) is 13.1 Å². The fourth-order valence-electron chi connectivity index (χ4n) is 1.27. The molecule has 0 fully saturated rings. The Bertz CT molecular complexity index is 396. The number of hydrogen-bond donors (Lipinski definition) is 2. The Kier molecular flexibility index (Phi) is 3.80. The molecule has 3 N–H and O–H groups in total. The molecule has 0 aliphatic carbocycles. The van der Waals surface area contributed by atoms with Crippen LogP contribution in [0.5, 0.6) is 0 Å². The molecule has 0 saturated carbocycles. The first kappa shape index (κ1) is 13.3. The molecule has 0 aliphatic rings. The molecular formula is C11H16BrFN2O. The number of rotatable bonds is 3. The Hall–Kier alpha value is -0.810. The number of hydrogen-bond acceptors (Lipinski definition) is 3. The number of nitrogen functional groups attached to an aromatic ring is 1. The van der Waals surface area contributed by atoms with Gasteiger partial charge in [0.15, 0.2) is 0 Å². The summed E-state index contributed by atoms with van der Waals surface area (Å²) < 4.78 is 13.8. The normalized spacial score (nSPS) is 11.6. The van der Waals surface area contributed by atoms with Gasteiger partial charge < -0.3 is 15.7 Å². The Morgan fingerprint density at radius 1 is 1.50 bits per heavy atom. The number of likely N-dealkylation sites (N-methyl/N-ethyl adjacent to an activating group) is 1. The third-order valence-electron chi connectivity index (χ3n) is 2.73. The first-order chi connectivity index (χ1) is 7.29. The number of nitrogens with zero attached hydrogens (tertiary/aromatic N) is 1. The Morgan fingerprint density at radius 2 is 2.06 bits per heavy atom. The first-order valence-electron chi connectivity index (χ1n) is 4.89. The molecule has 0 heterocycles. The molecule has 1 aromatic rings. The highest BCUT2D eigenvalue weighted by atomic mass is 79.9. The lowest BCUT2D eigenvalue weighted by Crippen LogP contribution is -2.44. The predicted molar refractivity (Wildman–Crippen MR) is 68.1 cm³/mol. The summed E-state index contributed by atoms with van der Waals surface area (Å²) in [5, 5.41) is 9.26. The van der Waals surface area contributed by atoms with Gasteiger partial charge in [-0.2, -0.15) is 0 Å². The van der Waals surface area contributed by atoms with Crippen molar-refractivity contribution in [2.45, 2.75) is 19.4 Å². The van der Waals surface area contributed by atoms with E-state index in [0.29, 0.717) is 15.8 Å². The maximum absolute atomic E-state index is 13.4. The maximum atomic E-state index is 13.4. The van der Waals surface area contributed by atoms with Crippen molar-refractivity contribution in [2.24, 2.45) is 0 Å². The van der Waals surface area contributed by atoms with Crippen LogP contribution in [0.4, 0.5) is 15.8 Å². The van der Waals surface area contributed by atoms with Gasteiger partial charge in [0.05, 0.1) is 28.0 Å². The largest absolute Gasteiger partial charge is 0.397 e. The zero-order chi connectivity index (χ0) is 12.5. The number of anilines is 2. The van der Waals surface area contributed by atoms with Gasteiger partial charge in [-0.05, 0) is 35.8 Å². The third-order valence-corrected chi connectivity index (χ3v) is 3.33. The summed E-state index contributed by atoms with van der Waals surface area (Å²) in [6.07, 6.45) is 0. The van der Waals surface area contributed by atoms with E-state index in [9.17, 15) is 9.50 Å². The number of halogens is 2. The smallest absolute Gasteiger partial charge is 0.139 e. The molecule has 0 atom stereocenters. The second-order valence-corrected chi connectivity index (χ2v) is 5.21. The second-order valence-electron chi connectivity index (χ2n) is 4.35. The number of benzene rings is 1. The van der Waals surface area contributed by atoms with Gasteiger partial charge in [0.25, 0.3) is 0 Å². The molecule has 90 valence electrons. The molecule has 0 unspecified atom stereocenters. The summed E-state index contributed by atoms with van der Waals surface area (Å²) >= 11 is 3.07. The Balaban J connectivity index is 3.19. The van der Waals surface area contributed by atoms with Crippen LogP contribution in [0, 0.1) is 5.82 Å². The Morgan fingerprint density at radius 3 is 2.56 bits per heavy atom. The zero-order valence-electron chi connectivity index (χ0n) is 9.59. The SMILES string of the molecule is CN(c1cc(F)c(Br)cc1N)C(C)(C)CO. The molecule has 0 saturated heterocycles. The van der Waals surface area contributed by atoms with Gasteiger partial charge >= 0.3 is 0 Å². The lowest BCUT2D eigenvalue weighted by Gasteiger charge is -2.36. The van der Waals surface area contributed by atoms with Crippen molar-refractivity contribution < 1.29 is 9.50 Å². The van der Waals surface area contributed by atoms with Gasteiger partial charge in [0.1, 0.15) is 5.82 Å². The average molecular weight is 291 g/mol. The van der Waals surface area contributed by atoms with Crippen LogP contribution >= 0.6 is 15.9 Å². The highest BCUT2D eigenvalue weighted by Gasteiger charge is 2.24. The fraction of sp³-hybridized carbons (Fsp3) is 0.455. The number of aliphatic hydroxyl groups excluding tert-OH is 1. The van der Waals surface area contributed by atoms with E-state index in [2.05, 4.69) is 15.9 Å². The van der Waals surface area contributed by atoms with Crippen molar-refractivity contribution in [1.82, 2.24) is 0 Å². The molecule has 5 heteroatoms. The summed E-state index contributed by atoms with van der Waals surface area (Å²) in [5.74, 6) is -0.371. The minimum Gasteiger partial charge on any atom is -0.397 e. The molecule has 3 nitrogen and oxygen atoms in total. The van der Waals surface area contributed by atoms with Crippen LogP contribution in [-0.2, 0) is 0 Å². The van der Waals surface area contributed by atoms with Crippen molar-refractivity contribution >= 4 is 27.3 Å². The predicted octanol–water partition coefficient (Wildman–Crippen LogP) is 2.38. The summed E-state index contributed by atoms with van der Waals surface area (Å²) in [6, 6.07) is 2.88. The van der Waals surface area contributed by atoms with Gasteiger partial charge in [-0.25, -0.2) is 4.39 Å². The van der Waals surface area contributed by atoms with Crippen LogP contribution in [0.1, 0.15) is 13.8 Å². The maximum Gasteiger partial charge on any atom is 0.139 e. The van der Waals surface area contributed by atoms with Crippen LogP contribution in [0.25, 0.3) is 0 Å². The van der Waals surface area contributed by atoms with Crippen LogP contribution < -0.4 is 10.6 Å². The molecule has 16 heavy (non-hydrogen) atoms. The molecule has 1 aromatic carbocycles. The monoisotopic (exact) mass is 290 g/mol. The van der Waals surface area contributed by atoms with Gasteiger partial charge in [-0.1, -0.05) is 0 Å². The quantitative estimate of drug-likeness (QED) is 0.841. The molecule has 0 bridgehead atoms. The molecule has 0 aromatic heterocycles. The van der Waals surface area contributed by atoms with E-state index >= 15 is 0 Å². The molecule has 0 radical (unpaired) electrons. The topological polar surface area (TPSA) is 49.5 Å². The van der Waals surface area contributed by atoms with Crippen molar-refractivity contribution in [1.29, 1.82) is 0 Å². The van der Waals surface area contributed by atoms with Crippen molar-refractivity contribution in [3.05, 3.63) is 22.4 Å². The van der Waals surface area contributed by atoms with E-state index in [4.69, 9.17) is 5.73 Å². The van der Waals surface area contributed by atoms with Gasteiger partial charge in [0.2, 0.25) is 0 Å². The second kappa shape index (κ2) is 4.59. The van der Waals surface area contributed by atoms with Crippen LogP contribution in [0.15, 0.2) is 16.6 Å². The fourth-order valence-corrected chi connectivity index (χ4v) is 1.64. The molecule has 0 aliphatic heterocycles. The standard InChI is InChI=1S/C11H16BrFN2O/c1-11(2,6-16)15(3)10-5-8(13)7(12)4-9(10)14/h4-5,16H,6,14H2,1-3H3. The van der Waals surface area contributed by atoms with E-state index in [0.717, 1.165) is 0 Å². The van der Waals surface area contributed by atoms with E-state index in [-0.39, 0.29) is 12.4 Å². The number of nitrogens with two attached hydrogens (primary N) is 1. The van der Waals surface area contributed by atoms with Crippen molar-refractivity contribution in [3.63, 3.8) is 0 Å². The minimum absolute atomic E-state index is 0.0410. The van der Waals surface area contributed by atoms with Gasteiger partial charge in [-0.3, -0.25) is 0 Å². The summed E-state index contributed by atoms with van der Waals surface area (Å²) in [6.45, 7) is 3.67. The van der Waals surface area contributed by atoms with E-state index in [1.165, 1.54) is 12.1 Å². The molecule has 0 spiro atoms. The molecular weight excluding hydrogens is 275 g/mol. The summed E-state index contributed by atoms with van der Waals surface area (Å²) in [7, 11) is 1.77. The molecule has 1 rings (SSSR count). The Labute approximate surface area is 103 Å². The lowest BCUT2D eigenvalue weighted by atomic mass is 10.0. The van der Waals surface area contributed by atoms with E-state index < -0.39 is 5.54 Å². The van der Waals surface area contributed by atoms with E-state index in [1.807, 2.05) is 13.8 Å². The molecule has 0 amide bonds. The van der Waals surface area contributed by atoms with Crippen molar-refractivity contribution in [3.8, 4) is 0 Å². The van der Waals surface area contributed by atoms with Crippen LogP contribution in [-0.4, -0.2) is 24.3 Å². The van der Waals surface area contributed by atoms with Crippen LogP contribution in [0.2, 0.25) is 0 Å². The number of aliphatic hydroxyl groups is 1. The van der Waals surface area contributed by atoms with E-state index in [1.54, 1.807) is 11.9 Å². The minimum atomic E-state index is -0.492.